The molecule has 0 spiro atoms. The van der Waals surface area contributed by atoms with E-state index in [1.807, 2.05) is 0 Å². The third kappa shape index (κ3) is 3.65. The molecule has 1 amide bonds. The number of hydrogen-bond acceptors (Lipinski definition) is 2. The molecule has 0 radical (unpaired) electrons. The Labute approximate surface area is 117 Å². The third-order valence-electron chi connectivity index (χ3n) is 4.66. The molecule has 0 aromatic rings. The summed E-state index contributed by atoms with van der Waals surface area (Å²) in [6.45, 7) is 1.95. The number of likely N-dealkylation sites (tertiary alicyclic amines) is 1. The third-order valence-corrected chi connectivity index (χ3v) is 4.66. The highest BCUT2D eigenvalue weighted by Gasteiger charge is 2.44. The topological polar surface area (TPSA) is 46.3 Å². The van der Waals surface area contributed by atoms with Crippen LogP contribution in [-0.4, -0.2) is 36.6 Å². The second-order valence-electron chi connectivity index (χ2n) is 6.12. The van der Waals surface area contributed by atoms with E-state index in [0.717, 1.165) is 12.8 Å². The Kier molecular flexibility index (Phi) is 4.94. The van der Waals surface area contributed by atoms with Crippen molar-refractivity contribution in [2.45, 2.75) is 44.7 Å². The molecule has 0 aromatic heterocycles. The van der Waals surface area contributed by atoms with Crippen molar-refractivity contribution in [1.82, 2.24) is 4.90 Å². The van der Waals surface area contributed by atoms with Gasteiger partial charge in [0.2, 0.25) is 5.91 Å². The normalized spacial score (nSPS) is 31.6. The molecule has 3 unspecified atom stereocenters. The number of alkyl halides is 3. The molecule has 2 aliphatic rings. The van der Waals surface area contributed by atoms with E-state index in [1.165, 1.54) is 0 Å². The number of hydrogen-bond donors (Lipinski definition) is 1. The highest BCUT2D eigenvalue weighted by atomic mass is 19.4. The van der Waals surface area contributed by atoms with Crippen LogP contribution in [0, 0.1) is 17.8 Å². The first kappa shape index (κ1) is 15.6. The minimum absolute atomic E-state index is 0.0274. The number of rotatable bonds is 3. The lowest BCUT2D eigenvalue weighted by atomic mass is 9.80. The Morgan fingerprint density at radius 3 is 2.65 bits per heavy atom. The van der Waals surface area contributed by atoms with Crippen molar-refractivity contribution in [3.63, 3.8) is 0 Å². The molecular weight excluding hydrogens is 269 g/mol. The fourth-order valence-electron chi connectivity index (χ4n) is 3.47. The summed E-state index contributed by atoms with van der Waals surface area (Å²) >= 11 is 0. The molecule has 1 saturated heterocycles. The molecule has 0 bridgehead atoms. The molecule has 3 atom stereocenters. The minimum Gasteiger partial charge on any atom is -0.342 e. The molecule has 3 nitrogen and oxygen atoms in total. The predicted octanol–water partition coefficient (Wildman–Crippen LogP) is 2.55. The zero-order valence-corrected chi connectivity index (χ0v) is 11.7. The van der Waals surface area contributed by atoms with Crippen LogP contribution in [0.3, 0.4) is 0 Å². The van der Waals surface area contributed by atoms with Gasteiger partial charge in [-0.15, -0.1) is 0 Å². The number of carbonyl (C=O) groups excluding carboxylic acids is 1. The quantitative estimate of drug-likeness (QED) is 0.869. The molecular formula is C14H23F3N2O. The van der Waals surface area contributed by atoms with Crippen molar-refractivity contribution in [2.24, 2.45) is 23.5 Å². The fourth-order valence-corrected chi connectivity index (χ4v) is 3.47. The number of nitrogens with two attached hydrogens (primary N) is 1. The van der Waals surface area contributed by atoms with Crippen LogP contribution >= 0.6 is 0 Å². The highest BCUT2D eigenvalue weighted by molar-refractivity contribution is 5.79. The van der Waals surface area contributed by atoms with E-state index in [4.69, 9.17) is 5.73 Å². The van der Waals surface area contributed by atoms with Crippen molar-refractivity contribution >= 4 is 5.91 Å². The molecule has 1 saturated carbocycles. The van der Waals surface area contributed by atoms with Crippen molar-refractivity contribution in [1.29, 1.82) is 0 Å². The van der Waals surface area contributed by atoms with Gasteiger partial charge >= 0.3 is 6.18 Å². The van der Waals surface area contributed by atoms with E-state index in [0.29, 0.717) is 38.4 Å². The van der Waals surface area contributed by atoms with Crippen LogP contribution in [-0.2, 0) is 4.79 Å². The lowest BCUT2D eigenvalue weighted by Gasteiger charge is -2.32. The minimum atomic E-state index is -4.16. The molecule has 0 aromatic carbocycles. The molecule has 20 heavy (non-hydrogen) atoms. The monoisotopic (exact) mass is 292 g/mol. The zero-order chi connectivity index (χ0) is 14.8. The van der Waals surface area contributed by atoms with Crippen molar-refractivity contribution in [2.75, 3.05) is 19.6 Å². The van der Waals surface area contributed by atoms with Gasteiger partial charge in [0.05, 0.1) is 5.92 Å². The maximum absolute atomic E-state index is 12.8. The summed E-state index contributed by atoms with van der Waals surface area (Å²) in [5, 5.41) is 0. The van der Waals surface area contributed by atoms with E-state index in [2.05, 4.69) is 0 Å². The average Bonchev–Trinajstić information content (AvgIpc) is 2.86. The smallest absolute Gasteiger partial charge is 0.342 e. The maximum atomic E-state index is 12.8. The van der Waals surface area contributed by atoms with Crippen LogP contribution in [0.4, 0.5) is 13.2 Å². The summed E-state index contributed by atoms with van der Waals surface area (Å²) in [5.74, 6) is -1.39. The van der Waals surface area contributed by atoms with E-state index < -0.39 is 18.0 Å². The summed E-state index contributed by atoms with van der Waals surface area (Å²) < 4.78 is 38.3. The average molecular weight is 292 g/mol. The lowest BCUT2D eigenvalue weighted by Crippen LogP contribution is -2.39. The first-order valence-electron chi connectivity index (χ1n) is 7.47. The van der Waals surface area contributed by atoms with Crippen LogP contribution in [0.25, 0.3) is 0 Å². The van der Waals surface area contributed by atoms with Gasteiger partial charge in [0.25, 0.3) is 0 Å². The molecule has 116 valence electrons. The van der Waals surface area contributed by atoms with Gasteiger partial charge < -0.3 is 10.6 Å². The molecule has 2 N–H and O–H groups in total. The summed E-state index contributed by atoms with van der Waals surface area (Å²) in [6.07, 6.45) is -1.10. The van der Waals surface area contributed by atoms with Crippen LogP contribution in [0.15, 0.2) is 0 Å². The SMILES string of the molecule is NCCC1CCN(C(=O)C2CCCC(C(F)(F)F)C2)C1. The second-order valence-corrected chi connectivity index (χ2v) is 6.12. The fraction of sp³-hybridized carbons (Fsp3) is 0.929. The Morgan fingerprint density at radius 2 is 2.00 bits per heavy atom. The molecule has 6 heteroatoms. The first-order valence-corrected chi connectivity index (χ1v) is 7.47. The summed E-state index contributed by atoms with van der Waals surface area (Å²) in [7, 11) is 0. The van der Waals surface area contributed by atoms with Gasteiger partial charge in [-0.3, -0.25) is 4.79 Å². The van der Waals surface area contributed by atoms with Gasteiger partial charge in [-0.2, -0.15) is 13.2 Å². The number of carbonyl (C=O) groups is 1. The summed E-state index contributed by atoms with van der Waals surface area (Å²) in [5.41, 5.74) is 5.51. The van der Waals surface area contributed by atoms with E-state index >= 15 is 0 Å². The van der Waals surface area contributed by atoms with Gasteiger partial charge in [0.15, 0.2) is 0 Å². The number of halogens is 3. The summed E-state index contributed by atoms with van der Waals surface area (Å²) in [6, 6.07) is 0. The van der Waals surface area contributed by atoms with E-state index in [1.54, 1.807) is 4.90 Å². The zero-order valence-electron chi connectivity index (χ0n) is 11.7. The van der Waals surface area contributed by atoms with Crippen molar-refractivity contribution < 1.29 is 18.0 Å². The Hall–Kier alpha value is -0.780. The molecule has 2 fully saturated rings. The van der Waals surface area contributed by atoms with Crippen LogP contribution in [0.2, 0.25) is 0 Å². The Balaban J connectivity index is 1.89. The largest absolute Gasteiger partial charge is 0.391 e. The maximum Gasteiger partial charge on any atom is 0.391 e. The summed E-state index contributed by atoms with van der Waals surface area (Å²) in [4.78, 5) is 14.1. The van der Waals surface area contributed by atoms with Gasteiger partial charge in [-0.05, 0) is 44.6 Å². The van der Waals surface area contributed by atoms with Crippen molar-refractivity contribution in [3.05, 3.63) is 0 Å². The van der Waals surface area contributed by atoms with Gasteiger partial charge in [-0.25, -0.2) is 0 Å². The lowest BCUT2D eigenvalue weighted by molar-refractivity contribution is -0.187. The van der Waals surface area contributed by atoms with Gasteiger partial charge in [0.1, 0.15) is 0 Å². The van der Waals surface area contributed by atoms with Crippen LogP contribution in [0.5, 0.6) is 0 Å². The molecule has 1 aliphatic heterocycles. The van der Waals surface area contributed by atoms with Gasteiger partial charge in [0, 0.05) is 19.0 Å². The van der Waals surface area contributed by atoms with Gasteiger partial charge in [-0.1, -0.05) is 6.42 Å². The van der Waals surface area contributed by atoms with E-state index in [9.17, 15) is 18.0 Å². The Morgan fingerprint density at radius 1 is 1.25 bits per heavy atom. The van der Waals surface area contributed by atoms with Crippen molar-refractivity contribution in [3.8, 4) is 0 Å². The Bertz CT molecular complexity index is 346. The number of nitrogens with zero attached hydrogens (tertiary/aromatic N) is 1. The second kappa shape index (κ2) is 6.33. The van der Waals surface area contributed by atoms with E-state index in [-0.39, 0.29) is 18.7 Å². The molecule has 1 heterocycles. The highest BCUT2D eigenvalue weighted by Crippen LogP contribution is 2.40. The standard InChI is InChI=1S/C14H23F3N2O/c15-14(16,17)12-3-1-2-11(8-12)13(20)19-7-5-10(9-19)4-6-18/h10-12H,1-9,18H2. The van der Waals surface area contributed by atoms with Crippen LogP contribution in [0.1, 0.15) is 38.5 Å². The predicted molar refractivity (Wildman–Crippen MR) is 69.9 cm³/mol. The first-order chi connectivity index (χ1) is 9.41. The number of amides is 1. The molecule has 2 rings (SSSR count). The molecule has 1 aliphatic carbocycles. The van der Waals surface area contributed by atoms with Crippen LogP contribution < -0.4 is 5.73 Å².